The van der Waals surface area contributed by atoms with Crippen LogP contribution in [0.2, 0.25) is 0 Å². The van der Waals surface area contributed by atoms with Crippen molar-refractivity contribution in [3.05, 3.63) is 58.0 Å². The van der Waals surface area contributed by atoms with E-state index < -0.39 is 0 Å². The van der Waals surface area contributed by atoms with E-state index in [9.17, 15) is 4.79 Å². The van der Waals surface area contributed by atoms with Gasteiger partial charge in [0.2, 0.25) is 5.95 Å². The van der Waals surface area contributed by atoms with Gasteiger partial charge in [-0.3, -0.25) is 9.69 Å². The van der Waals surface area contributed by atoms with Gasteiger partial charge in [0, 0.05) is 19.3 Å². The van der Waals surface area contributed by atoms with Crippen molar-refractivity contribution in [3.63, 3.8) is 0 Å². The number of anilines is 2. The Hall–Kier alpha value is -2.93. The van der Waals surface area contributed by atoms with Gasteiger partial charge < -0.3 is 15.6 Å². The molecule has 0 aliphatic carbocycles. The fourth-order valence-electron chi connectivity index (χ4n) is 4.16. The van der Waals surface area contributed by atoms with Crippen molar-refractivity contribution in [2.45, 2.75) is 52.1 Å². The van der Waals surface area contributed by atoms with Crippen LogP contribution in [-0.2, 0) is 13.1 Å². The second kappa shape index (κ2) is 9.92. The highest BCUT2D eigenvalue weighted by molar-refractivity contribution is 5.89. The van der Waals surface area contributed by atoms with Crippen LogP contribution >= 0.6 is 0 Å². The second-order valence-electron chi connectivity index (χ2n) is 8.37. The number of nitrogens with zero attached hydrogens (tertiary/aromatic N) is 4. The summed E-state index contributed by atoms with van der Waals surface area (Å²) in [6.07, 6.45) is 7.79. The molecule has 0 atom stereocenters. The summed E-state index contributed by atoms with van der Waals surface area (Å²) in [6.45, 7) is 6.76. The van der Waals surface area contributed by atoms with Crippen LogP contribution in [0.1, 0.15) is 50.2 Å². The zero-order valence-electron chi connectivity index (χ0n) is 18.3. The second-order valence-corrected chi connectivity index (χ2v) is 8.37. The predicted molar refractivity (Wildman–Crippen MR) is 126 cm³/mol. The Bertz CT molecular complexity index is 1070. The number of aromatic nitrogens is 3. The fraction of sp³-hybridized carbons (Fsp3) is 0.458. The Morgan fingerprint density at radius 3 is 2.42 bits per heavy atom. The van der Waals surface area contributed by atoms with Crippen LogP contribution < -0.4 is 16.6 Å². The Kier molecular flexibility index (Phi) is 6.82. The smallest absolute Gasteiger partial charge is 0.264 e. The SMILES string of the molecule is CCCCNc1nc(N)nc2ccn(Cc3ccc(CN4CCCCC4)cc3)c(=O)c12. The van der Waals surface area contributed by atoms with E-state index in [1.54, 1.807) is 10.8 Å². The summed E-state index contributed by atoms with van der Waals surface area (Å²) in [5.74, 6) is 0.695. The molecule has 3 heterocycles. The molecule has 7 nitrogen and oxygen atoms in total. The summed E-state index contributed by atoms with van der Waals surface area (Å²) in [5.41, 5.74) is 8.74. The monoisotopic (exact) mass is 420 g/mol. The molecule has 0 unspecified atom stereocenters. The van der Waals surface area contributed by atoms with Crippen LogP contribution in [0.5, 0.6) is 0 Å². The minimum Gasteiger partial charge on any atom is -0.369 e. The van der Waals surface area contributed by atoms with Crippen molar-refractivity contribution in [1.29, 1.82) is 0 Å². The first-order valence-corrected chi connectivity index (χ1v) is 11.3. The molecule has 2 aromatic heterocycles. The molecular formula is C24H32N6O. The van der Waals surface area contributed by atoms with Gasteiger partial charge in [0.15, 0.2) is 0 Å². The predicted octanol–water partition coefficient (Wildman–Crippen LogP) is 3.62. The summed E-state index contributed by atoms with van der Waals surface area (Å²) >= 11 is 0. The normalized spacial score (nSPS) is 14.7. The first kappa shape index (κ1) is 21.3. The van der Waals surface area contributed by atoms with E-state index in [0.717, 1.165) is 31.5 Å². The Morgan fingerprint density at radius 2 is 1.71 bits per heavy atom. The largest absolute Gasteiger partial charge is 0.369 e. The molecule has 0 spiro atoms. The molecular weight excluding hydrogens is 388 g/mol. The maximum absolute atomic E-state index is 13.2. The van der Waals surface area contributed by atoms with E-state index in [1.807, 2.05) is 6.07 Å². The van der Waals surface area contributed by atoms with Crippen LogP contribution in [0.25, 0.3) is 10.9 Å². The summed E-state index contributed by atoms with van der Waals surface area (Å²) in [7, 11) is 0. The highest BCUT2D eigenvalue weighted by Crippen LogP contribution is 2.18. The standard InChI is InChI=1S/C24H32N6O/c1-2-3-12-26-22-21-20(27-24(25)28-22)11-15-30(23(21)31)17-19-9-7-18(8-10-19)16-29-13-5-4-6-14-29/h7-11,15H,2-6,12-14,16-17H2,1H3,(H3,25,26,27,28). The van der Waals surface area contributed by atoms with E-state index in [0.29, 0.717) is 23.3 Å². The number of hydrogen-bond donors (Lipinski definition) is 2. The lowest BCUT2D eigenvalue weighted by Crippen LogP contribution is -2.29. The highest BCUT2D eigenvalue weighted by atomic mass is 16.1. The molecule has 1 aliphatic rings. The average Bonchev–Trinajstić information content (AvgIpc) is 2.77. The number of likely N-dealkylation sites (tertiary alicyclic amines) is 1. The Balaban J connectivity index is 1.54. The van der Waals surface area contributed by atoms with Crippen molar-refractivity contribution in [2.24, 2.45) is 0 Å². The van der Waals surface area contributed by atoms with Gasteiger partial charge in [-0.05, 0) is 49.5 Å². The number of nitrogens with two attached hydrogens (primary N) is 1. The minimum atomic E-state index is -0.103. The molecule has 3 N–H and O–H groups in total. The molecule has 0 amide bonds. The molecule has 1 saturated heterocycles. The third kappa shape index (κ3) is 5.22. The van der Waals surface area contributed by atoms with Gasteiger partial charge in [0.05, 0.1) is 12.1 Å². The molecule has 1 aromatic carbocycles. The summed E-state index contributed by atoms with van der Waals surface area (Å²) in [5, 5.41) is 3.75. The lowest BCUT2D eigenvalue weighted by atomic mass is 10.1. The van der Waals surface area contributed by atoms with Crippen LogP contribution in [0.3, 0.4) is 0 Å². The molecule has 0 bridgehead atoms. The van der Waals surface area contributed by atoms with Crippen molar-refractivity contribution in [1.82, 2.24) is 19.4 Å². The van der Waals surface area contributed by atoms with Gasteiger partial charge in [-0.15, -0.1) is 0 Å². The van der Waals surface area contributed by atoms with Crippen molar-refractivity contribution >= 4 is 22.7 Å². The Morgan fingerprint density at radius 1 is 1.00 bits per heavy atom. The number of nitrogens with one attached hydrogen (secondary N) is 1. The molecule has 0 radical (unpaired) electrons. The van der Waals surface area contributed by atoms with E-state index in [4.69, 9.17) is 5.73 Å². The first-order valence-electron chi connectivity index (χ1n) is 11.3. The third-order valence-corrected chi connectivity index (χ3v) is 5.89. The third-order valence-electron chi connectivity index (χ3n) is 5.89. The maximum atomic E-state index is 13.2. The zero-order chi connectivity index (χ0) is 21.6. The van der Waals surface area contributed by atoms with E-state index in [1.165, 1.54) is 37.9 Å². The van der Waals surface area contributed by atoms with Crippen molar-refractivity contribution in [2.75, 3.05) is 30.7 Å². The zero-order valence-corrected chi connectivity index (χ0v) is 18.3. The van der Waals surface area contributed by atoms with Gasteiger partial charge in [0.1, 0.15) is 11.2 Å². The summed E-state index contributed by atoms with van der Waals surface area (Å²) in [6, 6.07) is 10.4. The number of hydrogen-bond acceptors (Lipinski definition) is 6. The first-order chi connectivity index (χ1) is 15.1. The number of piperidine rings is 1. The molecule has 31 heavy (non-hydrogen) atoms. The number of rotatable bonds is 8. The van der Waals surface area contributed by atoms with Crippen LogP contribution in [-0.4, -0.2) is 39.1 Å². The molecule has 1 fully saturated rings. The van der Waals surface area contributed by atoms with Gasteiger partial charge in [-0.2, -0.15) is 4.98 Å². The minimum absolute atomic E-state index is 0.103. The van der Waals surface area contributed by atoms with Crippen molar-refractivity contribution < 1.29 is 0 Å². The number of pyridine rings is 1. The number of benzene rings is 1. The number of fused-ring (bicyclic) bond motifs is 1. The van der Waals surface area contributed by atoms with E-state index in [-0.39, 0.29) is 11.5 Å². The quantitative estimate of drug-likeness (QED) is 0.541. The molecule has 164 valence electrons. The average molecular weight is 421 g/mol. The van der Waals surface area contributed by atoms with Gasteiger partial charge in [-0.25, -0.2) is 4.98 Å². The van der Waals surface area contributed by atoms with Crippen LogP contribution in [0.4, 0.5) is 11.8 Å². The number of unbranched alkanes of at least 4 members (excludes halogenated alkanes) is 1. The molecule has 3 aromatic rings. The number of nitrogen functional groups attached to an aromatic ring is 1. The van der Waals surface area contributed by atoms with Crippen molar-refractivity contribution in [3.8, 4) is 0 Å². The molecule has 4 rings (SSSR count). The molecule has 1 aliphatic heterocycles. The van der Waals surface area contributed by atoms with E-state index >= 15 is 0 Å². The summed E-state index contributed by atoms with van der Waals surface area (Å²) < 4.78 is 1.71. The van der Waals surface area contributed by atoms with Gasteiger partial charge >= 0.3 is 0 Å². The maximum Gasteiger partial charge on any atom is 0.264 e. The van der Waals surface area contributed by atoms with E-state index in [2.05, 4.69) is 51.4 Å². The van der Waals surface area contributed by atoms with Gasteiger partial charge in [0.25, 0.3) is 5.56 Å². The summed E-state index contributed by atoms with van der Waals surface area (Å²) in [4.78, 5) is 24.3. The Labute approximate surface area is 183 Å². The topological polar surface area (TPSA) is 89.1 Å². The fourth-order valence-corrected chi connectivity index (χ4v) is 4.16. The van der Waals surface area contributed by atoms with Crippen LogP contribution in [0.15, 0.2) is 41.3 Å². The lowest BCUT2D eigenvalue weighted by Gasteiger charge is -2.26. The lowest BCUT2D eigenvalue weighted by molar-refractivity contribution is 0.221. The van der Waals surface area contributed by atoms with Gasteiger partial charge in [-0.1, -0.05) is 44.0 Å². The molecule has 0 saturated carbocycles. The highest BCUT2D eigenvalue weighted by Gasteiger charge is 2.13. The molecule has 7 heteroatoms. The van der Waals surface area contributed by atoms with Crippen LogP contribution in [0, 0.1) is 0 Å².